The fourth-order valence-corrected chi connectivity index (χ4v) is 5.79. The Morgan fingerprint density at radius 3 is 2.67 bits per heavy atom. The largest absolute Gasteiger partial charge is 0.497 e. The van der Waals surface area contributed by atoms with Crippen molar-refractivity contribution in [2.45, 2.75) is 50.6 Å². The standard InChI is InChI=1S/C33H40N4O3/c1-39-19-7-18-37-31-12-4-3-11-30(31)35-33(37)27-9-6-17-36(23-27)32(38)22-28(34)20-24-13-15-25(16-14-24)26-8-5-10-29(21-26)40-2/h3-5,8,10-16,21,27-28H,6-7,9,17-20,22-23,34H2,1-2H3. The zero-order valence-electron chi connectivity index (χ0n) is 23.6. The molecule has 1 saturated heterocycles. The summed E-state index contributed by atoms with van der Waals surface area (Å²) in [6.45, 7) is 3.04. The number of fused-ring (bicyclic) bond motifs is 1. The number of piperidine rings is 1. The first-order valence-electron chi connectivity index (χ1n) is 14.3. The predicted octanol–water partition coefficient (Wildman–Crippen LogP) is 5.41. The van der Waals surface area contributed by atoms with E-state index < -0.39 is 0 Å². The number of hydrogen-bond donors (Lipinski definition) is 1. The van der Waals surface area contributed by atoms with E-state index >= 15 is 0 Å². The van der Waals surface area contributed by atoms with Gasteiger partial charge in [-0.3, -0.25) is 4.79 Å². The Kier molecular flexibility index (Phi) is 9.14. The molecule has 0 radical (unpaired) electrons. The number of hydrogen-bond acceptors (Lipinski definition) is 5. The smallest absolute Gasteiger partial charge is 0.224 e. The molecule has 210 valence electrons. The molecule has 1 aliphatic heterocycles. The van der Waals surface area contributed by atoms with Crippen LogP contribution in [0.25, 0.3) is 22.2 Å². The zero-order valence-corrected chi connectivity index (χ0v) is 23.6. The molecule has 1 amide bonds. The van der Waals surface area contributed by atoms with Gasteiger partial charge >= 0.3 is 0 Å². The zero-order chi connectivity index (χ0) is 27.9. The van der Waals surface area contributed by atoms with Crippen LogP contribution in [-0.4, -0.2) is 60.3 Å². The number of rotatable bonds is 11. The Morgan fingerprint density at radius 2 is 1.88 bits per heavy atom. The third-order valence-electron chi connectivity index (χ3n) is 7.85. The predicted molar refractivity (Wildman–Crippen MR) is 160 cm³/mol. The SMILES string of the molecule is COCCCn1c(C2CCCN(C(=O)CC(N)Cc3ccc(-c4cccc(OC)c4)cc3)C2)nc2ccccc21. The summed E-state index contributed by atoms with van der Waals surface area (Å²) in [5, 5.41) is 0. The minimum absolute atomic E-state index is 0.132. The molecule has 0 spiro atoms. The molecule has 2 heterocycles. The van der Waals surface area contributed by atoms with Crippen molar-refractivity contribution in [3.63, 3.8) is 0 Å². The molecule has 5 rings (SSSR count). The number of nitrogens with two attached hydrogens (primary N) is 1. The maximum Gasteiger partial charge on any atom is 0.224 e. The number of carbonyl (C=O) groups is 1. The molecule has 7 nitrogen and oxygen atoms in total. The summed E-state index contributed by atoms with van der Waals surface area (Å²) < 4.78 is 13.0. The third-order valence-corrected chi connectivity index (χ3v) is 7.85. The second kappa shape index (κ2) is 13.1. The molecule has 1 fully saturated rings. The van der Waals surface area contributed by atoms with Crippen LogP contribution in [0.4, 0.5) is 0 Å². The van der Waals surface area contributed by atoms with Gasteiger partial charge < -0.3 is 24.7 Å². The Labute approximate surface area is 236 Å². The van der Waals surface area contributed by atoms with E-state index in [9.17, 15) is 4.79 Å². The summed E-state index contributed by atoms with van der Waals surface area (Å²) in [5.74, 6) is 2.26. The minimum Gasteiger partial charge on any atom is -0.497 e. The molecular weight excluding hydrogens is 500 g/mol. The van der Waals surface area contributed by atoms with Crippen LogP contribution in [0.15, 0.2) is 72.8 Å². The van der Waals surface area contributed by atoms with Gasteiger partial charge in [0.15, 0.2) is 0 Å². The fourth-order valence-electron chi connectivity index (χ4n) is 5.79. The van der Waals surface area contributed by atoms with E-state index in [4.69, 9.17) is 20.2 Å². The molecule has 7 heteroatoms. The van der Waals surface area contributed by atoms with Crippen LogP contribution in [0.5, 0.6) is 5.75 Å². The van der Waals surface area contributed by atoms with E-state index in [1.54, 1.807) is 14.2 Å². The first-order valence-corrected chi connectivity index (χ1v) is 14.3. The van der Waals surface area contributed by atoms with E-state index in [-0.39, 0.29) is 17.9 Å². The Bertz CT molecular complexity index is 1420. The number of methoxy groups -OCH3 is 2. The van der Waals surface area contributed by atoms with Crippen LogP contribution in [-0.2, 0) is 22.5 Å². The maximum atomic E-state index is 13.3. The molecule has 2 atom stereocenters. The quantitative estimate of drug-likeness (QED) is 0.257. The summed E-state index contributed by atoms with van der Waals surface area (Å²) in [4.78, 5) is 20.3. The summed E-state index contributed by atoms with van der Waals surface area (Å²) in [6, 6.07) is 24.5. The van der Waals surface area contributed by atoms with Gasteiger partial charge in [0.05, 0.1) is 18.1 Å². The van der Waals surface area contributed by atoms with Crippen molar-refractivity contribution in [3.05, 3.63) is 84.2 Å². The number of benzene rings is 3. The van der Waals surface area contributed by atoms with Crippen molar-refractivity contribution in [3.8, 4) is 16.9 Å². The van der Waals surface area contributed by atoms with Crippen LogP contribution in [0, 0.1) is 0 Å². The molecule has 40 heavy (non-hydrogen) atoms. The van der Waals surface area contributed by atoms with Crippen molar-refractivity contribution < 1.29 is 14.3 Å². The van der Waals surface area contributed by atoms with E-state index in [1.165, 1.54) is 0 Å². The number of ether oxygens (including phenoxy) is 2. The number of para-hydroxylation sites is 2. The first-order chi connectivity index (χ1) is 19.6. The summed E-state index contributed by atoms with van der Waals surface area (Å²) in [6.07, 6.45) is 3.93. The average Bonchev–Trinajstić information content (AvgIpc) is 3.36. The van der Waals surface area contributed by atoms with E-state index in [0.29, 0.717) is 26.0 Å². The van der Waals surface area contributed by atoms with Crippen LogP contribution >= 0.6 is 0 Å². The van der Waals surface area contributed by atoms with Crippen molar-refractivity contribution in [1.82, 2.24) is 14.5 Å². The lowest BCUT2D eigenvalue weighted by Crippen LogP contribution is -2.42. The normalized spacial score (nSPS) is 16.3. The average molecular weight is 541 g/mol. The number of imidazole rings is 1. The second-order valence-corrected chi connectivity index (χ2v) is 10.7. The van der Waals surface area contributed by atoms with Crippen molar-refractivity contribution >= 4 is 16.9 Å². The molecule has 2 N–H and O–H groups in total. The van der Waals surface area contributed by atoms with Crippen molar-refractivity contribution in [1.29, 1.82) is 0 Å². The Morgan fingerprint density at radius 1 is 1.05 bits per heavy atom. The van der Waals surface area contributed by atoms with Gasteiger partial charge in [0, 0.05) is 51.7 Å². The molecule has 1 aromatic heterocycles. The van der Waals surface area contributed by atoms with Crippen molar-refractivity contribution in [2.75, 3.05) is 33.9 Å². The van der Waals surface area contributed by atoms with E-state index in [0.717, 1.165) is 71.6 Å². The maximum absolute atomic E-state index is 13.3. The Hall–Kier alpha value is -3.68. The minimum atomic E-state index is -0.228. The van der Waals surface area contributed by atoms with Gasteiger partial charge in [-0.15, -0.1) is 0 Å². The summed E-state index contributed by atoms with van der Waals surface area (Å²) in [5.41, 5.74) is 12.0. The number of nitrogens with zero attached hydrogens (tertiary/aromatic N) is 3. The molecule has 3 aromatic carbocycles. The molecule has 1 aliphatic rings. The topological polar surface area (TPSA) is 82.6 Å². The van der Waals surface area contributed by atoms with Gasteiger partial charge in [0.2, 0.25) is 5.91 Å². The molecule has 4 aromatic rings. The van der Waals surface area contributed by atoms with Gasteiger partial charge in [-0.05, 0) is 66.6 Å². The van der Waals surface area contributed by atoms with E-state index in [2.05, 4.69) is 53.1 Å². The highest BCUT2D eigenvalue weighted by Gasteiger charge is 2.29. The van der Waals surface area contributed by atoms with Crippen LogP contribution in [0.1, 0.15) is 43.0 Å². The third kappa shape index (κ3) is 6.54. The van der Waals surface area contributed by atoms with E-state index in [1.807, 2.05) is 29.2 Å². The van der Waals surface area contributed by atoms with Gasteiger partial charge in [-0.2, -0.15) is 0 Å². The number of carbonyl (C=O) groups excluding carboxylic acids is 1. The highest BCUT2D eigenvalue weighted by atomic mass is 16.5. The Balaban J connectivity index is 1.20. The van der Waals surface area contributed by atoms with Crippen LogP contribution in [0.3, 0.4) is 0 Å². The lowest BCUT2D eigenvalue weighted by atomic mass is 9.95. The lowest BCUT2D eigenvalue weighted by molar-refractivity contribution is -0.132. The lowest BCUT2D eigenvalue weighted by Gasteiger charge is -2.33. The second-order valence-electron chi connectivity index (χ2n) is 10.7. The summed E-state index contributed by atoms with van der Waals surface area (Å²) in [7, 11) is 3.41. The number of aryl methyl sites for hydroxylation is 1. The number of aromatic nitrogens is 2. The van der Waals surface area contributed by atoms with Gasteiger partial charge in [-0.25, -0.2) is 4.98 Å². The van der Waals surface area contributed by atoms with Crippen LogP contribution in [0.2, 0.25) is 0 Å². The molecule has 0 bridgehead atoms. The first kappa shape index (κ1) is 27.9. The molecule has 0 saturated carbocycles. The van der Waals surface area contributed by atoms with Crippen molar-refractivity contribution in [2.24, 2.45) is 5.73 Å². The number of likely N-dealkylation sites (tertiary alicyclic amines) is 1. The molecule has 0 aliphatic carbocycles. The van der Waals surface area contributed by atoms with Gasteiger partial charge in [0.1, 0.15) is 11.6 Å². The fraction of sp³-hybridized carbons (Fsp3) is 0.394. The summed E-state index contributed by atoms with van der Waals surface area (Å²) >= 11 is 0. The highest BCUT2D eigenvalue weighted by molar-refractivity contribution is 5.78. The van der Waals surface area contributed by atoms with Crippen LogP contribution < -0.4 is 10.5 Å². The molecular formula is C33H40N4O3. The monoisotopic (exact) mass is 540 g/mol. The number of amides is 1. The molecule has 2 unspecified atom stereocenters. The van der Waals surface area contributed by atoms with Gasteiger partial charge in [-0.1, -0.05) is 48.5 Å². The highest BCUT2D eigenvalue weighted by Crippen LogP contribution is 2.30. The van der Waals surface area contributed by atoms with Gasteiger partial charge in [0.25, 0.3) is 0 Å².